The zero-order valence-electron chi connectivity index (χ0n) is 12.7. The van der Waals surface area contributed by atoms with Crippen LogP contribution in [-0.2, 0) is 6.42 Å². The Labute approximate surface area is 113 Å². The van der Waals surface area contributed by atoms with E-state index in [4.69, 9.17) is 0 Å². The Balaban J connectivity index is 2.64. The molecule has 2 atom stereocenters. The summed E-state index contributed by atoms with van der Waals surface area (Å²) in [7, 11) is 0. The molecule has 0 radical (unpaired) electrons. The smallest absolute Gasteiger partial charge is 0.00700 e. The van der Waals surface area contributed by atoms with E-state index in [2.05, 4.69) is 58.1 Å². The molecule has 0 saturated heterocycles. The normalized spacial score (nSPS) is 14.5. The molecule has 0 saturated carbocycles. The van der Waals surface area contributed by atoms with Gasteiger partial charge in [0.2, 0.25) is 0 Å². The molecule has 18 heavy (non-hydrogen) atoms. The molecular weight excluding hydrogens is 218 g/mol. The van der Waals surface area contributed by atoms with Crippen molar-refractivity contribution in [2.24, 2.45) is 5.92 Å². The number of rotatable bonds is 7. The standard InChI is InChI=1S/C17H29N/c1-6-10-18-15(5)17(7-2)12-16-9-8-13(3)14(4)11-16/h8-9,11,15,17-18H,6-7,10,12H2,1-5H3. The molecule has 1 nitrogen and oxygen atoms in total. The van der Waals surface area contributed by atoms with Gasteiger partial charge in [-0.3, -0.25) is 0 Å². The van der Waals surface area contributed by atoms with Gasteiger partial charge in [0.15, 0.2) is 0 Å². The molecule has 0 aliphatic carbocycles. The Hall–Kier alpha value is -0.820. The summed E-state index contributed by atoms with van der Waals surface area (Å²) in [6.45, 7) is 12.4. The Morgan fingerprint density at radius 1 is 1.11 bits per heavy atom. The lowest BCUT2D eigenvalue weighted by Gasteiger charge is -2.24. The number of aryl methyl sites for hydroxylation is 2. The molecule has 1 heteroatoms. The van der Waals surface area contributed by atoms with E-state index in [1.54, 1.807) is 0 Å². The first kappa shape index (κ1) is 15.2. The third-order valence-electron chi connectivity index (χ3n) is 4.02. The molecule has 1 N–H and O–H groups in total. The predicted octanol–water partition coefficient (Wildman–Crippen LogP) is 4.26. The second kappa shape index (κ2) is 7.58. The second-order valence-corrected chi connectivity index (χ2v) is 5.53. The molecule has 1 aromatic rings. The maximum atomic E-state index is 3.63. The number of nitrogens with one attached hydrogen (secondary N) is 1. The van der Waals surface area contributed by atoms with Gasteiger partial charge in [0.05, 0.1) is 0 Å². The molecule has 0 amide bonds. The van der Waals surface area contributed by atoms with Crippen molar-refractivity contribution in [3.8, 4) is 0 Å². The lowest BCUT2D eigenvalue weighted by Crippen LogP contribution is -2.34. The number of hydrogen-bond acceptors (Lipinski definition) is 1. The SMILES string of the molecule is CCCNC(C)C(CC)Cc1ccc(C)c(C)c1. The van der Waals surface area contributed by atoms with Gasteiger partial charge < -0.3 is 5.32 Å². The Morgan fingerprint density at radius 3 is 2.39 bits per heavy atom. The molecule has 0 heterocycles. The maximum absolute atomic E-state index is 3.63. The van der Waals surface area contributed by atoms with Crippen LogP contribution in [0.15, 0.2) is 18.2 Å². The van der Waals surface area contributed by atoms with E-state index in [1.165, 1.54) is 36.0 Å². The molecule has 1 rings (SSSR count). The minimum Gasteiger partial charge on any atom is -0.314 e. The summed E-state index contributed by atoms with van der Waals surface area (Å²) >= 11 is 0. The topological polar surface area (TPSA) is 12.0 Å². The molecule has 0 aliphatic rings. The lowest BCUT2D eigenvalue weighted by molar-refractivity contribution is 0.362. The van der Waals surface area contributed by atoms with Crippen LogP contribution in [0.3, 0.4) is 0 Å². The highest BCUT2D eigenvalue weighted by Gasteiger charge is 2.15. The zero-order chi connectivity index (χ0) is 13.5. The summed E-state index contributed by atoms with van der Waals surface area (Å²) in [6, 6.07) is 7.50. The van der Waals surface area contributed by atoms with E-state index in [1.807, 2.05) is 0 Å². The molecule has 0 bridgehead atoms. The first-order chi connectivity index (χ1) is 8.58. The first-order valence-corrected chi connectivity index (χ1v) is 7.38. The van der Waals surface area contributed by atoms with Gasteiger partial charge in [-0.25, -0.2) is 0 Å². The molecule has 2 unspecified atom stereocenters. The van der Waals surface area contributed by atoms with E-state index < -0.39 is 0 Å². The Morgan fingerprint density at radius 2 is 1.83 bits per heavy atom. The maximum Gasteiger partial charge on any atom is 0.00700 e. The van der Waals surface area contributed by atoms with E-state index in [9.17, 15) is 0 Å². The third-order valence-corrected chi connectivity index (χ3v) is 4.02. The van der Waals surface area contributed by atoms with Crippen LogP contribution in [0.25, 0.3) is 0 Å². The summed E-state index contributed by atoms with van der Waals surface area (Å²) in [5.74, 6) is 0.735. The van der Waals surface area contributed by atoms with E-state index in [0.717, 1.165) is 12.5 Å². The van der Waals surface area contributed by atoms with E-state index in [-0.39, 0.29) is 0 Å². The van der Waals surface area contributed by atoms with Crippen LogP contribution in [0.1, 0.15) is 50.3 Å². The van der Waals surface area contributed by atoms with Crippen molar-refractivity contribution < 1.29 is 0 Å². The minimum absolute atomic E-state index is 0.608. The average molecular weight is 247 g/mol. The number of benzene rings is 1. The van der Waals surface area contributed by atoms with Gasteiger partial charge in [-0.15, -0.1) is 0 Å². The van der Waals surface area contributed by atoms with Gasteiger partial charge in [-0.2, -0.15) is 0 Å². The van der Waals surface area contributed by atoms with Gasteiger partial charge in [0, 0.05) is 6.04 Å². The van der Waals surface area contributed by atoms with Crippen LogP contribution in [0, 0.1) is 19.8 Å². The highest BCUT2D eigenvalue weighted by atomic mass is 14.9. The fraction of sp³-hybridized carbons (Fsp3) is 0.647. The average Bonchev–Trinajstić information content (AvgIpc) is 2.37. The quantitative estimate of drug-likeness (QED) is 0.759. The van der Waals surface area contributed by atoms with E-state index >= 15 is 0 Å². The fourth-order valence-electron chi connectivity index (χ4n) is 2.45. The van der Waals surface area contributed by atoms with Crippen LogP contribution in [0.2, 0.25) is 0 Å². The van der Waals surface area contributed by atoms with Gasteiger partial charge in [0.25, 0.3) is 0 Å². The monoisotopic (exact) mass is 247 g/mol. The lowest BCUT2D eigenvalue weighted by atomic mass is 9.89. The van der Waals surface area contributed by atoms with Crippen molar-refractivity contribution in [1.82, 2.24) is 5.32 Å². The van der Waals surface area contributed by atoms with Crippen molar-refractivity contribution in [2.75, 3.05) is 6.54 Å². The van der Waals surface area contributed by atoms with Crippen molar-refractivity contribution in [1.29, 1.82) is 0 Å². The van der Waals surface area contributed by atoms with Crippen LogP contribution >= 0.6 is 0 Å². The van der Waals surface area contributed by atoms with Crippen molar-refractivity contribution in [3.05, 3.63) is 34.9 Å². The van der Waals surface area contributed by atoms with Crippen molar-refractivity contribution >= 4 is 0 Å². The zero-order valence-corrected chi connectivity index (χ0v) is 12.7. The first-order valence-electron chi connectivity index (χ1n) is 7.38. The minimum atomic E-state index is 0.608. The summed E-state index contributed by atoms with van der Waals surface area (Å²) in [5.41, 5.74) is 4.29. The number of hydrogen-bond donors (Lipinski definition) is 1. The predicted molar refractivity (Wildman–Crippen MR) is 81.2 cm³/mol. The largest absolute Gasteiger partial charge is 0.314 e. The van der Waals surface area contributed by atoms with Crippen LogP contribution in [-0.4, -0.2) is 12.6 Å². The summed E-state index contributed by atoms with van der Waals surface area (Å²) in [4.78, 5) is 0. The molecule has 0 aromatic heterocycles. The molecular formula is C17H29N. The summed E-state index contributed by atoms with van der Waals surface area (Å²) < 4.78 is 0. The summed E-state index contributed by atoms with van der Waals surface area (Å²) in [6.07, 6.45) is 3.64. The summed E-state index contributed by atoms with van der Waals surface area (Å²) in [5, 5.41) is 3.63. The van der Waals surface area contributed by atoms with Gasteiger partial charge in [-0.1, -0.05) is 38.5 Å². The highest BCUT2D eigenvalue weighted by Crippen LogP contribution is 2.18. The van der Waals surface area contributed by atoms with Gasteiger partial charge in [-0.05, 0) is 62.8 Å². The van der Waals surface area contributed by atoms with Crippen molar-refractivity contribution in [2.45, 2.75) is 59.9 Å². The molecule has 0 spiro atoms. The van der Waals surface area contributed by atoms with E-state index in [0.29, 0.717) is 6.04 Å². The van der Waals surface area contributed by atoms with Crippen LogP contribution < -0.4 is 5.32 Å². The van der Waals surface area contributed by atoms with Gasteiger partial charge in [0.1, 0.15) is 0 Å². The van der Waals surface area contributed by atoms with Crippen molar-refractivity contribution in [3.63, 3.8) is 0 Å². The highest BCUT2D eigenvalue weighted by molar-refractivity contribution is 5.30. The third kappa shape index (κ3) is 4.45. The molecule has 0 aliphatic heterocycles. The molecule has 102 valence electrons. The molecule has 0 fully saturated rings. The van der Waals surface area contributed by atoms with Crippen LogP contribution in [0.5, 0.6) is 0 Å². The van der Waals surface area contributed by atoms with Crippen LogP contribution in [0.4, 0.5) is 0 Å². The Kier molecular flexibility index (Phi) is 6.42. The second-order valence-electron chi connectivity index (χ2n) is 5.53. The fourth-order valence-corrected chi connectivity index (χ4v) is 2.45. The Bertz CT molecular complexity index is 357. The molecule has 1 aromatic carbocycles. The van der Waals surface area contributed by atoms with Gasteiger partial charge >= 0.3 is 0 Å².